The first-order valence-corrected chi connectivity index (χ1v) is 5.38. The van der Waals surface area contributed by atoms with Crippen molar-refractivity contribution in [2.75, 3.05) is 6.54 Å². The number of unbranched alkanes of at least 4 members (excludes halogenated alkanes) is 2. The summed E-state index contributed by atoms with van der Waals surface area (Å²) in [6, 6.07) is 0. The molecule has 0 spiro atoms. The normalized spacial score (nSPS) is 10.8. The van der Waals surface area contributed by atoms with E-state index in [2.05, 4.69) is 24.2 Å². The van der Waals surface area contributed by atoms with Gasteiger partial charge in [0, 0.05) is 13.0 Å². The Labute approximate surface area is 85.5 Å². The highest BCUT2D eigenvalue weighted by Gasteiger charge is 2.06. The van der Waals surface area contributed by atoms with E-state index in [0.29, 0.717) is 6.54 Å². The lowest BCUT2D eigenvalue weighted by Gasteiger charge is -2.02. The van der Waals surface area contributed by atoms with Crippen molar-refractivity contribution >= 4 is 0 Å². The minimum absolute atomic E-state index is 0.647. The molecule has 1 rings (SSSR count). The zero-order valence-electron chi connectivity index (χ0n) is 9.16. The highest BCUT2D eigenvalue weighted by Crippen LogP contribution is 2.06. The first-order chi connectivity index (χ1) is 6.79. The maximum Gasteiger partial charge on any atom is 0.0868 e. The molecule has 0 atom stereocenters. The fourth-order valence-corrected chi connectivity index (χ4v) is 1.49. The van der Waals surface area contributed by atoms with Gasteiger partial charge >= 0.3 is 0 Å². The van der Waals surface area contributed by atoms with Gasteiger partial charge in [-0.15, -0.1) is 5.10 Å². The quantitative estimate of drug-likeness (QED) is 0.697. The van der Waals surface area contributed by atoms with Gasteiger partial charge in [-0.2, -0.15) is 0 Å². The molecule has 0 aliphatic heterocycles. The van der Waals surface area contributed by atoms with Gasteiger partial charge in [0.05, 0.1) is 11.4 Å². The molecular formula is C10H20N4. The van der Waals surface area contributed by atoms with E-state index in [1.54, 1.807) is 0 Å². The summed E-state index contributed by atoms with van der Waals surface area (Å²) in [6.07, 6.45) is 4.51. The molecule has 0 aliphatic carbocycles. The molecule has 0 bridgehead atoms. The molecule has 0 unspecified atom stereocenters. The predicted octanol–water partition coefficient (Wildman–Crippen LogP) is 1.28. The molecule has 0 aliphatic rings. The Morgan fingerprint density at radius 2 is 2.14 bits per heavy atom. The molecule has 4 heteroatoms. The highest BCUT2D eigenvalue weighted by molar-refractivity contribution is 5.07. The second kappa shape index (κ2) is 5.75. The second-order valence-corrected chi connectivity index (χ2v) is 3.59. The van der Waals surface area contributed by atoms with E-state index in [0.717, 1.165) is 18.7 Å². The van der Waals surface area contributed by atoms with E-state index in [1.807, 2.05) is 4.68 Å². The van der Waals surface area contributed by atoms with E-state index >= 15 is 0 Å². The van der Waals surface area contributed by atoms with Gasteiger partial charge in [0.2, 0.25) is 0 Å². The summed E-state index contributed by atoms with van der Waals surface area (Å²) in [5.41, 5.74) is 7.70. The SMILES string of the molecule is CCCCCn1nnc(CCN)c1C. The largest absolute Gasteiger partial charge is 0.330 e. The Kier molecular flexibility index (Phi) is 4.59. The molecule has 1 aromatic rings. The molecule has 1 aromatic heterocycles. The molecule has 2 N–H and O–H groups in total. The number of rotatable bonds is 6. The fraction of sp³-hybridized carbons (Fsp3) is 0.800. The molecule has 80 valence electrons. The number of nitrogens with two attached hydrogens (primary N) is 1. The van der Waals surface area contributed by atoms with Crippen LogP contribution in [-0.4, -0.2) is 21.5 Å². The Balaban J connectivity index is 2.51. The maximum absolute atomic E-state index is 5.48. The average Bonchev–Trinajstić information content (AvgIpc) is 2.51. The van der Waals surface area contributed by atoms with Crippen molar-refractivity contribution in [1.82, 2.24) is 15.0 Å². The molecule has 1 heterocycles. The van der Waals surface area contributed by atoms with E-state index in [9.17, 15) is 0 Å². The van der Waals surface area contributed by atoms with Crippen LogP contribution in [0, 0.1) is 6.92 Å². The lowest BCUT2D eigenvalue weighted by molar-refractivity contribution is 0.527. The van der Waals surface area contributed by atoms with Crippen molar-refractivity contribution in [3.63, 3.8) is 0 Å². The van der Waals surface area contributed by atoms with Crippen LogP contribution in [0.5, 0.6) is 0 Å². The molecule has 0 aromatic carbocycles. The minimum atomic E-state index is 0.647. The molecule has 0 fully saturated rings. The number of aryl methyl sites for hydroxylation is 1. The van der Waals surface area contributed by atoms with Crippen molar-refractivity contribution in [2.45, 2.75) is 46.1 Å². The van der Waals surface area contributed by atoms with Gasteiger partial charge in [-0.1, -0.05) is 25.0 Å². The van der Waals surface area contributed by atoms with Gasteiger partial charge in [-0.25, -0.2) is 4.68 Å². The third kappa shape index (κ3) is 2.80. The zero-order chi connectivity index (χ0) is 10.4. The van der Waals surface area contributed by atoms with Crippen LogP contribution in [0.4, 0.5) is 0 Å². The van der Waals surface area contributed by atoms with Crippen LogP contribution in [0.25, 0.3) is 0 Å². The number of hydrogen-bond donors (Lipinski definition) is 1. The second-order valence-electron chi connectivity index (χ2n) is 3.59. The number of aromatic nitrogens is 3. The lowest BCUT2D eigenvalue weighted by atomic mass is 10.2. The third-order valence-corrected chi connectivity index (χ3v) is 2.43. The van der Waals surface area contributed by atoms with Crippen LogP contribution in [0.2, 0.25) is 0 Å². The summed E-state index contributed by atoms with van der Waals surface area (Å²) < 4.78 is 1.99. The molecule has 4 nitrogen and oxygen atoms in total. The standard InChI is InChI=1S/C10H20N4/c1-3-4-5-8-14-9(2)10(6-7-11)12-13-14/h3-8,11H2,1-2H3. The first kappa shape index (κ1) is 11.2. The topological polar surface area (TPSA) is 56.7 Å². The van der Waals surface area contributed by atoms with E-state index in [4.69, 9.17) is 5.73 Å². The van der Waals surface area contributed by atoms with Crippen molar-refractivity contribution < 1.29 is 0 Å². The average molecular weight is 196 g/mol. The molecule has 0 saturated heterocycles. The van der Waals surface area contributed by atoms with Gasteiger partial charge in [-0.05, 0) is 19.9 Å². The van der Waals surface area contributed by atoms with Crippen LogP contribution >= 0.6 is 0 Å². The lowest BCUT2D eigenvalue weighted by Crippen LogP contribution is -2.06. The summed E-state index contributed by atoms with van der Waals surface area (Å²) in [5.74, 6) is 0. The number of nitrogens with zero attached hydrogens (tertiary/aromatic N) is 3. The van der Waals surface area contributed by atoms with Crippen molar-refractivity contribution in [2.24, 2.45) is 5.73 Å². The monoisotopic (exact) mass is 196 g/mol. The van der Waals surface area contributed by atoms with Crippen LogP contribution in [-0.2, 0) is 13.0 Å². The Bertz CT molecular complexity index is 267. The minimum Gasteiger partial charge on any atom is -0.330 e. The molecule has 0 radical (unpaired) electrons. The van der Waals surface area contributed by atoms with Crippen LogP contribution in [0.3, 0.4) is 0 Å². The van der Waals surface area contributed by atoms with Gasteiger partial charge in [0.1, 0.15) is 0 Å². The van der Waals surface area contributed by atoms with Crippen LogP contribution < -0.4 is 5.73 Å². The van der Waals surface area contributed by atoms with Gasteiger partial charge in [-0.3, -0.25) is 0 Å². The van der Waals surface area contributed by atoms with Crippen molar-refractivity contribution in [3.05, 3.63) is 11.4 Å². The smallest absolute Gasteiger partial charge is 0.0868 e. The fourth-order valence-electron chi connectivity index (χ4n) is 1.49. The van der Waals surface area contributed by atoms with E-state index in [1.165, 1.54) is 25.0 Å². The summed E-state index contributed by atoms with van der Waals surface area (Å²) in [5, 5.41) is 8.23. The molecule has 0 amide bonds. The van der Waals surface area contributed by atoms with Crippen LogP contribution in [0.1, 0.15) is 37.6 Å². The summed E-state index contributed by atoms with van der Waals surface area (Å²) >= 11 is 0. The summed E-state index contributed by atoms with van der Waals surface area (Å²) in [6.45, 7) is 5.90. The van der Waals surface area contributed by atoms with Crippen molar-refractivity contribution in [3.8, 4) is 0 Å². The Morgan fingerprint density at radius 1 is 1.36 bits per heavy atom. The zero-order valence-corrected chi connectivity index (χ0v) is 9.16. The van der Waals surface area contributed by atoms with Gasteiger partial charge < -0.3 is 5.73 Å². The maximum atomic E-state index is 5.48. The van der Waals surface area contributed by atoms with Crippen LogP contribution in [0.15, 0.2) is 0 Å². The van der Waals surface area contributed by atoms with Crippen molar-refractivity contribution in [1.29, 1.82) is 0 Å². The molecule has 14 heavy (non-hydrogen) atoms. The predicted molar refractivity (Wildman–Crippen MR) is 57.0 cm³/mol. The summed E-state index contributed by atoms with van der Waals surface area (Å²) in [7, 11) is 0. The highest BCUT2D eigenvalue weighted by atomic mass is 15.4. The number of hydrogen-bond acceptors (Lipinski definition) is 3. The first-order valence-electron chi connectivity index (χ1n) is 5.38. The third-order valence-electron chi connectivity index (χ3n) is 2.43. The van der Waals surface area contributed by atoms with E-state index in [-0.39, 0.29) is 0 Å². The van der Waals surface area contributed by atoms with E-state index < -0.39 is 0 Å². The Morgan fingerprint density at radius 3 is 2.79 bits per heavy atom. The van der Waals surface area contributed by atoms with Gasteiger partial charge in [0.25, 0.3) is 0 Å². The molecular weight excluding hydrogens is 176 g/mol. The molecule has 0 saturated carbocycles. The van der Waals surface area contributed by atoms with Gasteiger partial charge in [0.15, 0.2) is 0 Å². The summed E-state index contributed by atoms with van der Waals surface area (Å²) in [4.78, 5) is 0. The Hall–Kier alpha value is -0.900.